The summed E-state index contributed by atoms with van der Waals surface area (Å²) >= 11 is 0. The standard InChI is InChI=1S/C16H36N.C16H35O3P/c1-5-9-13-17(14-10-6-2,15-11-7-3)16-12-8-4;1-5-9-11-14(7-3)13-16(19-20(17)18)15(8-4)12-10-6-2/h5-16H2,1-4H3;14-16,20H,5-13H2,1-4H3,(H,17,18)/q+1;/p-1. The molecule has 0 rings (SSSR count). The highest BCUT2D eigenvalue weighted by atomic mass is 31.1. The van der Waals surface area contributed by atoms with Crippen LogP contribution in [0.3, 0.4) is 0 Å². The van der Waals surface area contributed by atoms with Gasteiger partial charge in [-0.1, -0.05) is 126 Å². The molecule has 37 heavy (non-hydrogen) atoms. The van der Waals surface area contributed by atoms with Crippen molar-refractivity contribution in [1.29, 1.82) is 0 Å². The Kier molecular flexibility index (Phi) is 29.4. The second-order valence-corrected chi connectivity index (χ2v) is 12.3. The molecule has 0 saturated heterocycles. The summed E-state index contributed by atoms with van der Waals surface area (Å²) in [4.78, 5) is 11.0. The molecular formula is C32H70NO3P. The van der Waals surface area contributed by atoms with Crippen LogP contribution in [0, 0.1) is 11.8 Å². The Balaban J connectivity index is 0. The lowest BCUT2D eigenvalue weighted by atomic mass is 9.85. The third-order valence-electron chi connectivity index (χ3n) is 8.28. The molecule has 0 aromatic rings. The van der Waals surface area contributed by atoms with Gasteiger partial charge in [0.05, 0.1) is 32.3 Å². The van der Waals surface area contributed by atoms with E-state index in [2.05, 4.69) is 55.4 Å². The normalized spacial score (nSPS) is 15.1. The number of quaternary nitrogens is 1. The topological polar surface area (TPSA) is 49.4 Å². The van der Waals surface area contributed by atoms with Gasteiger partial charge in [-0.05, 0) is 50.4 Å². The second-order valence-electron chi connectivity index (χ2n) is 11.5. The van der Waals surface area contributed by atoms with Crippen molar-refractivity contribution in [1.82, 2.24) is 0 Å². The molecule has 0 aromatic carbocycles. The fraction of sp³-hybridized carbons (Fsp3) is 1.00. The molecule has 5 heteroatoms. The maximum atomic E-state index is 11.0. The Hall–Kier alpha value is 0.110. The number of hydrogen-bond donors (Lipinski definition) is 0. The lowest BCUT2D eigenvalue weighted by Gasteiger charge is -2.39. The summed E-state index contributed by atoms with van der Waals surface area (Å²) in [6.45, 7) is 23.7. The van der Waals surface area contributed by atoms with Crippen LogP contribution in [-0.2, 0) is 9.09 Å². The van der Waals surface area contributed by atoms with Gasteiger partial charge >= 0.3 is 0 Å². The van der Waals surface area contributed by atoms with Crippen LogP contribution in [0.4, 0.5) is 0 Å². The van der Waals surface area contributed by atoms with Crippen molar-refractivity contribution >= 4 is 8.25 Å². The fourth-order valence-corrected chi connectivity index (χ4v) is 6.07. The Labute approximate surface area is 235 Å². The molecule has 0 aliphatic heterocycles. The molecule has 4 nitrogen and oxygen atoms in total. The summed E-state index contributed by atoms with van der Waals surface area (Å²) < 4.78 is 17.8. The van der Waals surface area contributed by atoms with E-state index in [0.29, 0.717) is 11.8 Å². The molecule has 4 atom stereocenters. The smallest absolute Gasteiger partial charge is 0.122 e. The molecule has 0 amide bonds. The Bertz CT molecular complexity index is 451. The minimum Gasteiger partial charge on any atom is -0.781 e. The van der Waals surface area contributed by atoms with E-state index >= 15 is 0 Å². The van der Waals surface area contributed by atoms with Crippen LogP contribution < -0.4 is 4.89 Å². The van der Waals surface area contributed by atoms with Crippen LogP contribution in [-0.4, -0.2) is 36.8 Å². The third-order valence-corrected chi connectivity index (χ3v) is 8.77. The summed E-state index contributed by atoms with van der Waals surface area (Å²) in [6, 6.07) is 0. The van der Waals surface area contributed by atoms with E-state index in [1.54, 1.807) is 0 Å². The second kappa shape index (κ2) is 27.7. The summed E-state index contributed by atoms with van der Waals surface area (Å²) in [6.07, 6.45) is 21.0. The van der Waals surface area contributed by atoms with Crippen molar-refractivity contribution in [2.75, 3.05) is 26.2 Å². The van der Waals surface area contributed by atoms with Crippen LogP contribution in [0.1, 0.15) is 165 Å². The first-order chi connectivity index (χ1) is 17.8. The quantitative estimate of drug-likeness (QED) is 0.0844. The maximum Gasteiger partial charge on any atom is 0.122 e. The first kappa shape index (κ1) is 39.3. The zero-order valence-electron chi connectivity index (χ0n) is 26.8. The predicted octanol–water partition coefficient (Wildman–Crippen LogP) is 9.95. The van der Waals surface area contributed by atoms with E-state index in [1.807, 2.05) is 0 Å². The number of hydrogen-bond acceptors (Lipinski definition) is 3. The summed E-state index contributed by atoms with van der Waals surface area (Å²) in [5.41, 5.74) is 0. The zero-order chi connectivity index (χ0) is 28.4. The number of rotatable bonds is 25. The largest absolute Gasteiger partial charge is 0.781 e. The number of unbranched alkanes of at least 4 members (excludes halogenated alkanes) is 6. The van der Waals surface area contributed by atoms with E-state index in [4.69, 9.17) is 4.52 Å². The molecule has 226 valence electrons. The van der Waals surface area contributed by atoms with Crippen LogP contribution in [0.2, 0.25) is 0 Å². The zero-order valence-corrected chi connectivity index (χ0v) is 27.8. The van der Waals surface area contributed by atoms with Crippen LogP contribution in [0.25, 0.3) is 0 Å². The Morgan fingerprint density at radius 1 is 0.622 bits per heavy atom. The van der Waals surface area contributed by atoms with Crippen molar-refractivity contribution in [3.63, 3.8) is 0 Å². The molecule has 0 saturated carbocycles. The van der Waals surface area contributed by atoms with Gasteiger partial charge in [0, 0.05) is 0 Å². The summed E-state index contributed by atoms with van der Waals surface area (Å²) in [5.74, 6) is 0.977. The summed E-state index contributed by atoms with van der Waals surface area (Å²) in [7, 11) is -3.09. The van der Waals surface area contributed by atoms with E-state index in [9.17, 15) is 9.46 Å². The first-order valence-corrected chi connectivity index (χ1v) is 17.8. The average Bonchev–Trinajstić information content (AvgIpc) is 2.90. The summed E-state index contributed by atoms with van der Waals surface area (Å²) in [5, 5.41) is 0. The van der Waals surface area contributed by atoms with E-state index < -0.39 is 8.25 Å². The van der Waals surface area contributed by atoms with Crippen LogP contribution in [0.15, 0.2) is 0 Å². The molecule has 4 unspecified atom stereocenters. The molecule has 0 N–H and O–H groups in total. The molecule has 0 bridgehead atoms. The van der Waals surface area contributed by atoms with Gasteiger partial charge in [0.2, 0.25) is 0 Å². The third kappa shape index (κ3) is 21.6. The van der Waals surface area contributed by atoms with Gasteiger partial charge in [0.25, 0.3) is 0 Å². The van der Waals surface area contributed by atoms with Gasteiger partial charge in [-0.2, -0.15) is 0 Å². The average molecular weight is 548 g/mol. The van der Waals surface area contributed by atoms with Gasteiger partial charge in [-0.25, -0.2) is 0 Å². The molecule has 0 aromatic heterocycles. The maximum absolute atomic E-state index is 11.0. The van der Waals surface area contributed by atoms with Crippen molar-refractivity contribution in [3.8, 4) is 0 Å². The highest BCUT2D eigenvalue weighted by Crippen LogP contribution is 2.32. The molecule has 0 aliphatic carbocycles. The highest BCUT2D eigenvalue weighted by Gasteiger charge is 2.25. The van der Waals surface area contributed by atoms with E-state index in [0.717, 1.165) is 38.5 Å². The van der Waals surface area contributed by atoms with Crippen LogP contribution >= 0.6 is 8.25 Å². The van der Waals surface area contributed by atoms with Gasteiger partial charge in [0.15, 0.2) is 0 Å². The van der Waals surface area contributed by atoms with Gasteiger partial charge < -0.3 is 18.5 Å². The highest BCUT2D eigenvalue weighted by molar-refractivity contribution is 7.30. The Morgan fingerprint density at radius 3 is 1.35 bits per heavy atom. The van der Waals surface area contributed by atoms with Crippen molar-refractivity contribution in [2.24, 2.45) is 11.8 Å². The lowest BCUT2D eigenvalue weighted by Crippen LogP contribution is -2.50. The SMILES string of the molecule is CCCCC(CC)CC(O[PH](=O)[O-])C(CC)CCCC.CCCC[N+](CCCC)(CCCC)CCCC. The van der Waals surface area contributed by atoms with Gasteiger partial charge in [0.1, 0.15) is 8.25 Å². The van der Waals surface area contributed by atoms with Crippen molar-refractivity contribution in [3.05, 3.63) is 0 Å². The van der Waals surface area contributed by atoms with Gasteiger partial charge in [-0.15, -0.1) is 0 Å². The van der Waals surface area contributed by atoms with Crippen molar-refractivity contribution in [2.45, 2.75) is 171 Å². The number of nitrogens with zero attached hydrogens (tertiary/aromatic N) is 1. The van der Waals surface area contributed by atoms with Crippen LogP contribution in [0.5, 0.6) is 0 Å². The molecule has 0 fully saturated rings. The minimum absolute atomic E-state index is 0.0998. The molecule has 0 heterocycles. The molecule has 0 spiro atoms. The predicted molar refractivity (Wildman–Crippen MR) is 164 cm³/mol. The molecular weight excluding hydrogens is 477 g/mol. The molecule has 0 radical (unpaired) electrons. The first-order valence-electron chi connectivity index (χ1n) is 16.6. The monoisotopic (exact) mass is 548 g/mol. The van der Waals surface area contributed by atoms with Gasteiger partial charge in [-0.3, -0.25) is 0 Å². The van der Waals surface area contributed by atoms with E-state index in [-0.39, 0.29) is 6.10 Å². The Morgan fingerprint density at radius 2 is 1.03 bits per heavy atom. The fourth-order valence-electron chi connectivity index (χ4n) is 5.53. The minimum atomic E-state index is -3.09. The van der Waals surface area contributed by atoms with E-state index in [1.165, 1.54) is 101 Å². The van der Waals surface area contributed by atoms with Crippen molar-refractivity contribution < 1.29 is 18.5 Å². The lowest BCUT2D eigenvalue weighted by molar-refractivity contribution is -0.929. The molecule has 0 aliphatic rings.